The molecule has 4 nitrogen and oxygen atoms in total. The Balaban J connectivity index is 2.20. The lowest BCUT2D eigenvalue weighted by Crippen LogP contribution is -2.45. The summed E-state index contributed by atoms with van der Waals surface area (Å²) in [6.45, 7) is 0.636. The van der Waals surface area contributed by atoms with Crippen molar-refractivity contribution in [1.82, 2.24) is 5.32 Å². The number of carbonyl (C=O) groups is 1. The van der Waals surface area contributed by atoms with Gasteiger partial charge in [-0.2, -0.15) is 0 Å². The van der Waals surface area contributed by atoms with Crippen molar-refractivity contribution in [3.05, 3.63) is 16.3 Å². The highest BCUT2D eigenvalue weighted by Gasteiger charge is 2.22. The molecule has 5 heteroatoms. The summed E-state index contributed by atoms with van der Waals surface area (Å²) >= 11 is 1.62. The molecule has 0 radical (unpaired) electrons. The van der Waals surface area contributed by atoms with Gasteiger partial charge in [-0.1, -0.05) is 0 Å². The summed E-state index contributed by atoms with van der Waals surface area (Å²) in [6, 6.07) is 1.90. The van der Waals surface area contributed by atoms with Gasteiger partial charge < -0.3 is 10.4 Å². The Morgan fingerprint density at radius 3 is 3.33 bits per heavy atom. The van der Waals surface area contributed by atoms with Gasteiger partial charge in [0.2, 0.25) is 0 Å². The van der Waals surface area contributed by atoms with Crippen LogP contribution in [0.4, 0.5) is 5.69 Å². The first kappa shape index (κ1) is 7.57. The predicted octanol–water partition coefficient (Wildman–Crippen LogP) is 0.674. The smallest absolute Gasteiger partial charge is 0.341 e. The summed E-state index contributed by atoms with van der Waals surface area (Å²) in [4.78, 5) is 11.7. The molecule has 1 aliphatic heterocycles. The highest BCUT2D eigenvalue weighted by Crippen LogP contribution is 2.25. The van der Waals surface area contributed by atoms with Gasteiger partial charge in [0.1, 0.15) is 0 Å². The number of anilines is 1. The molecule has 2 rings (SSSR count). The molecule has 0 spiro atoms. The van der Waals surface area contributed by atoms with E-state index < -0.39 is 12.1 Å². The average molecular weight is 184 g/mol. The minimum Gasteiger partial charge on any atom is -0.479 e. The number of carboxylic acids is 1. The minimum atomic E-state index is -0.869. The number of aliphatic carboxylic acids is 1. The predicted molar refractivity (Wildman–Crippen MR) is 46.2 cm³/mol. The van der Waals surface area contributed by atoms with E-state index in [1.54, 1.807) is 11.3 Å². The third-order valence-electron chi connectivity index (χ3n) is 1.76. The van der Waals surface area contributed by atoms with Crippen molar-refractivity contribution < 1.29 is 9.90 Å². The number of hydrogen-bond donors (Lipinski definition) is 3. The van der Waals surface area contributed by atoms with Gasteiger partial charge in [-0.25, -0.2) is 4.79 Å². The van der Waals surface area contributed by atoms with Crippen molar-refractivity contribution in [2.45, 2.75) is 12.7 Å². The van der Waals surface area contributed by atoms with Crippen LogP contribution in [0.1, 0.15) is 4.88 Å². The van der Waals surface area contributed by atoms with Gasteiger partial charge in [0.15, 0.2) is 6.17 Å². The maximum atomic E-state index is 10.6. The zero-order chi connectivity index (χ0) is 8.55. The molecule has 0 saturated heterocycles. The van der Waals surface area contributed by atoms with Gasteiger partial charge in [0.25, 0.3) is 0 Å². The second-order valence-electron chi connectivity index (χ2n) is 2.55. The standard InChI is InChI=1S/C7H8N2O2S/c10-7(11)6-8-3-5-4(9-6)1-2-12-5/h1-2,6,8-9H,3H2,(H,10,11). The number of fused-ring (bicyclic) bond motifs is 1. The van der Waals surface area contributed by atoms with Crippen LogP contribution in [0, 0.1) is 0 Å². The molecule has 3 N–H and O–H groups in total. The van der Waals surface area contributed by atoms with Crippen LogP contribution in [0.3, 0.4) is 0 Å². The third kappa shape index (κ3) is 1.17. The molecular formula is C7H8N2O2S. The fourth-order valence-electron chi connectivity index (χ4n) is 1.16. The molecule has 0 aromatic carbocycles. The maximum absolute atomic E-state index is 10.6. The summed E-state index contributed by atoms with van der Waals surface area (Å²) in [5.41, 5.74) is 0.936. The van der Waals surface area contributed by atoms with E-state index in [-0.39, 0.29) is 0 Å². The Hall–Kier alpha value is -1.07. The lowest BCUT2D eigenvalue weighted by molar-refractivity contribution is -0.138. The van der Waals surface area contributed by atoms with Crippen LogP contribution in [0.5, 0.6) is 0 Å². The van der Waals surface area contributed by atoms with E-state index in [9.17, 15) is 4.79 Å². The van der Waals surface area contributed by atoms with Gasteiger partial charge >= 0.3 is 5.97 Å². The van der Waals surface area contributed by atoms with Crippen LogP contribution in [-0.2, 0) is 11.3 Å². The summed E-state index contributed by atoms with van der Waals surface area (Å²) in [5.74, 6) is -0.869. The van der Waals surface area contributed by atoms with Crippen molar-refractivity contribution in [3.8, 4) is 0 Å². The molecule has 1 aromatic heterocycles. The molecule has 1 aliphatic rings. The first-order chi connectivity index (χ1) is 5.77. The fourth-order valence-corrected chi connectivity index (χ4v) is 1.95. The van der Waals surface area contributed by atoms with Gasteiger partial charge in [-0.15, -0.1) is 11.3 Å². The Labute approximate surface area is 73.2 Å². The van der Waals surface area contributed by atoms with Crippen LogP contribution in [0.25, 0.3) is 0 Å². The lowest BCUT2D eigenvalue weighted by atomic mass is 10.3. The van der Waals surface area contributed by atoms with Crippen molar-refractivity contribution in [3.63, 3.8) is 0 Å². The number of thiophene rings is 1. The molecule has 2 heterocycles. The molecule has 0 aliphatic carbocycles. The summed E-state index contributed by atoms with van der Waals surface area (Å²) in [7, 11) is 0. The fraction of sp³-hybridized carbons (Fsp3) is 0.286. The normalized spacial score (nSPS) is 21.2. The van der Waals surface area contributed by atoms with Gasteiger partial charge in [0.05, 0.1) is 5.69 Å². The van der Waals surface area contributed by atoms with Crippen LogP contribution in [-0.4, -0.2) is 17.2 Å². The Bertz CT molecular complexity index is 310. The van der Waals surface area contributed by atoms with Crippen LogP contribution in [0.15, 0.2) is 11.4 Å². The Morgan fingerprint density at radius 2 is 2.58 bits per heavy atom. The van der Waals surface area contributed by atoms with Gasteiger partial charge in [-0.3, -0.25) is 5.32 Å². The topological polar surface area (TPSA) is 61.4 Å². The van der Waals surface area contributed by atoms with Crippen molar-refractivity contribution >= 4 is 23.0 Å². The van der Waals surface area contributed by atoms with E-state index in [2.05, 4.69) is 10.6 Å². The van der Waals surface area contributed by atoms with E-state index in [0.717, 1.165) is 10.6 Å². The van der Waals surface area contributed by atoms with Crippen LogP contribution in [0.2, 0.25) is 0 Å². The van der Waals surface area contributed by atoms with E-state index >= 15 is 0 Å². The summed E-state index contributed by atoms with van der Waals surface area (Å²) in [5, 5.41) is 16.4. The first-order valence-corrected chi connectivity index (χ1v) is 4.44. The molecule has 0 amide bonds. The SMILES string of the molecule is O=C(O)C1NCc2sccc2N1. The molecule has 1 aromatic rings. The second-order valence-corrected chi connectivity index (χ2v) is 3.55. The lowest BCUT2D eigenvalue weighted by Gasteiger charge is -2.22. The van der Waals surface area contributed by atoms with Gasteiger partial charge in [0, 0.05) is 11.4 Å². The second kappa shape index (κ2) is 2.76. The van der Waals surface area contributed by atoms with Crippen LogP contribution >= 0.6 is 11.3 Å². The van der Waals surface area contributed by atoms with Crippen molar-refractivity contribution in [2.24, 2.45) is 0 Å². The molecule has 1 unspecified atom stereocenters. The molecule has 0 fully saturated rings. The molecule has 0 bridgehead atoms. The van der Waals surface area contributed by atoms with E-state index in [1.165, 1.54) is 0 Å². The zero-order valence-corrected chi connectivity index (χ0v) is 7.02. The van der Waals surface area contributed by atoms with Crippen LogP contribution < -0.4 is 10.6 Å². The number of rotatable bonds is 1. The summed E-state index contributed by atoms with van der Waals surface area (Å²) < 4.78 is 0. The Kier molecular flexibility index (Phi) is 1.74. The van der Waals surface area contributed by atoms with E-state index in [1.807, 2.05) is 11.4 Å². The molecule has 64 valence electrons. The monoisotopic (exact) mass is 184 g/mol. The molecule has 12 heavy (non-hydrogen) atoms. The number of nitrogens with one attached hydrogen (secondary N) is 2. The molecule has 0 saturated carbocycles. The largest absolute Gasteiger partial charge is 0.479 e. The van der Waals surface area contributed by atoms with Crippen molar-refractivity contribution in [2.75, 3.05) is 5.32 Å². The molecular weight excluding hydrogens is 176 g/mol. The summed E-state index contributed by atoms with van der Waals surface area (Å²) in [6.07, 6.45) is -0.646. The Morgan fingerprint density at radius 1 is 1.75 bits per heavy atom. The highest BCUT2D eigenvalue weighted by atomic mass is 32.1. The van der Waals surface area contributed by atoms with Crippen molar-refractivity contribution in [1.29, 1.82) is 0 Å². The minimum absolute atomic E-state index is 0.636. The average Bonchev–Trinajstić information content (AvgIpc) is 2.49. The quantitative estimate of drug-likeness (QED) is 0.600. The van der Waals surface area contributed by atoms with E-state index in [4.69, 9.17) is 5.11 Å². The first-order valence-electron chi connectivity index (χ1n) is 3.56. The third-order valence-corrected chi connectivity index (χ3v) is 2.68. The van der Waals surface area contributed by atoms with Gasteiger partial charge in [-0.05, 0) is 11.4 Å². The number of carboxylic acid groups (broad SMARTS) is 1. The highest BCUT2D eigenvalue weighted by molar-refractivity contribution is 7.10. The molecule has 1 atom stereocenters. The zero-order valence-electron chi connectivity index (χ0n) is 6.20. The van der Waals surface area contributed by atoms with E-state index in [0.29, 0.717) is 6.54 Å². The maximum Gasteiger partial charge on any atom is 0.341 e. The number of hydrogen-bond acceptors (Lipinski definition) is 4.